The van der Waals surface area contributed by atoms with Gasteiger partial charge in [0.1, 0.15) is 11.3 Å². The number of fused-ring (bicyclic) bond motifs is 1. The molecule has 1 saturated heterocycles. The first-order valence-corrected chi connectivity index (χ1v) is 15.5. The molecule has 1 aliphatic rings. The van der Waals surface area contributed by atoms with Crippen LogP contribution in [0.5, 0.6) is 5.75 Å². The van der Waals surface area contributed by atoms with Crippen LogP contribution in [-0.4, -0.2) is 60.5 Å². The lowest BCUT2D eigenvalue weighted by Gasteiger charge is -2.14. The molecule has 1 fully saturated rings. The lowest BCUT2D eigenvalue weighted by atomic mass is 9.99. The molecule has 0 amide bonds. The number of ether oxygens (including phenoxy) is 1. The number of benzene rings is 3. The molecule has 8 nitrogen and oxygen atoms in total. The van der Waals surface area contributed by atoms with Crippen molar-refractivity contribution >= 4 is 42.7 Å². The van der Waals surface area contributed by atoms with Gasteiger partial charge in [-0.05, 0) is 94.2 Å². The summed E-state index contributed by atoms with van der Waals surface area (Å²) in [6.07, 6.45) is 3.22. The van der Waals surface area contributed by atoms with Crippen molar-refractivity contribution in [3.8, 4) is 16.9 Å². The van der Waals surface area contributed by atoms with Crippen molar-refractivity contribution in [2.24, 2.45) is 0 Å². The number of nitrogen functional groups attached to an aromatic ring is 1. The van der Waals surface area contributed by atoms with Crippen LogP contribution < -0.4 is 10.5 Å². The molecule has 206 valence electrons. The molecule has 0 radical (unpaired) electrons. The van der Waals surface area contributed by atoms with E-state index in [-0.39, 0.29) is 11.7 Å². The monoisotopic (exact) mass is 611 g/mol. The smallest absolute Gasteiger partial charge is 0.240 e. The van der Waals surface area contributed by atoms with E-state index in [0.717, 1.165) is 47.4 Å². The summed E-state index contributed by atoms with van der Waals surface area (Å²) in [6, 6.07) is 18.8. The lowest BCUT2D eigenvalue weighted by molar-refractivity contribution is 0.340. The zero-order chi connectivity index (χ0) is 27.8. The molecule has 10 heteroatoms. The molecule has 3 aromatic carbocycles. The Labute approximate surface area is 238 Å². The predicted molar refractivity (Wildman–Crippen MR) is 160 cm³/mol. The van der Waals surface area contributed by atoms with Gasteiger partial charge in [0.2, 0.25) is 5.95 Å². The van der Waals surface area contributed by atoms with E-state index in [2.05, 4.69) is 55.1 Å². The Balaban J connectivity index is 0.000000183. The molecule has 1 aromatic heterocycles. The van der Waals surface area contributed by atoms with Gasteiger partial charge in [-0.2, -0.15) is 0 Å². The van der Waals surface area contributed by atoms with Gasteiger partial charge in [0.25, 0.3) is 0 Å². The number of hydrogen-bond donors (Lipinski definition) is 1. The minimum Gasteiger partial charge on any atom is -0.493 e. The van der Waals surface area contributed by atoms with E-state index in [9.17, 15) is 8.42 Å². The molecule has 5 rings (SSSR count). The lowest BCUT2D eigenvalue weighted by Crippen LogP contribution is -2.22. The predicted octanol–water partition coefficient (Wildman–Crippen LogP) is 5.69. The third-order valence-electron chi connectivity index (χ3n) is 6.57. The molecule has 39 heavy (non-hydrogen) atoms. The Morgan fingerprint density at radius 3 is 2.38 bits per heavy atom. The summed E-state index contributed by atoms with van der Waals surface area (Å²) in [4.78, 5) is 6.97. The van der Waals surface area contributed by atoms with Gasteiger partial charge in [-0.3, -0.25) is 0 Å². The van der Waals surface area contributed by atoms with Crippen LogP contribution in [0.25, 0.3) is 22.2 Å². The molecule has 2 N–H and O–H groups in total. The summed E-state index contributed by atoms with van der Waals surface area (Å²) >= 11 is 3.31. The van der Waals surface area contributed by atoms with Crippen molar-refractivity contribution in [2.75, 3.05) is 37.7 Å². The van der Waals surface area contributed by atoms with E-state index in [1.165, 1.54) is 18.4 Å². The van der Waals surface area contributed by atoms with E-state index in [0.29, 0.717) is 22.5 Å². The quantitative estimate of drug-likeness (QED) is 0.270. The topological polar surface area (TPSA) is 111 Å². The van der Waals surface area contributed by atoms with Gasteiger partial charge >= 0.3 is 0 Å². The number of hydrogen-bond acceptors (Lipinski definition) is 8. The summed E-state index contributed by atoms with van der Waals surface area (Å²) in [5.41, 5.74) is 10.3. The molecule has 0 unspecified atom stereocenters. The maximum Gasteiger partial charge on any atom is 0.240 e. The van der Waals surface area contributed by atoms with Gasteiger partial charge < -0.3 is 15.4 Å². The fraction of sp³-hybridized carbons (Fsp3) is 0.345. The van der Waals surface area contributed by atoms with Gasteiger partial charge in [0.15, 0.2) is 9.84 Å². The number of nitrogens with two attached hydrogens (primary N) is 1. The van der Waals surface area contributed by atoms with Crippen molar-refractivity contribution in [1.82, 2.24) is 20.1 Å². The van der Waals surface area contributed by atoms with Crippen LogP contribution in [0.3, 0.4) is 0 Å². The van der Waals surface area contributed by atoms with Gasteiger partial charge in [0, 0.05) is 16.1 Å². The molecule has 0 aliphatic carbocycles. The molecule has 0 saturated carbocycles. The van der Waals surface area contributed by atoms with E-state index in [4.69, 9.17) is 10.5 Å². The van der Waals surface area contributed by atoms with Gasteiger partial charge in [-0.1, -0.05) is 40.2 Å². The second-order valence-electron chi connectivity index (χ2n) is 9.43. The minimum atomic E-state index is -3.12. The van der Waals surface area contributed by atoms with Crippen LogP contribution in [0.1, 0.15) is 31.7 Å². The number of nitrogens with zero attached hydrogens (tertiary/aromatic N) is 4. The number of aromatic nitrogens is 3. The first-order valence-electron chi connectivity index (χ1n) is 13.1. The normalized spacial score (nSPS) is 13.7. The highest BCUT2D eigenvalue weighted by Crippen LogP contribution is 2.35. The Morgan fingerprint density at radius 1 is 0.974 bits per heavy atom. The highest BCUT2D eigenvalue weighted by Gasteiger charge is 2.16. The Hall–Kier alpha value is -3.08. The molecule has 0 atom stereocenters. The Morgan fingerprint density at radius 2 is 1.69 bits per heavy atom. The highest BCUT2D eigenvalue weighted by atomic mass is 79.9. The van der Waals surface area contributed by atoms with Crippen LogP contribution in [-0.2, 0) is 9.84 Å². The minimum absolute atomic E-state index is 0.161. The summed E-state index contributed by atoms with van der Waals surface area (Å²) in [5, 5.41) is 7.92. The zero-order valence-electron chi connectivity index (χ0n) is 22.3. The van der Waals surface area contributed by atoms with Crippen LogP contribution in [0.15, 0.2) is 70.0 Å². The number of aryl methyl sites for hydroxylation is 1. The van der Waals surface area contributed by atoms with Crippen molar-refractivity contribution in [3.05, 3.63) is 70.7 Å². The summed E-state index contributed by atoms with van der Waals surface area (Å²) in [7, 11) is -3.12. The average molecular weight is 613 g/mol. The van der Waals surface area contributed by atoms with Crippen LogP contribution in [0.2, 0.25) is 0 Å². The molecular formula is C29H34BrN5O3S. The third-order valence-corrected chi connectivity index (χ3v) is 8.91. The summed E-state index contributed by atoms with van der Waals surface area (Å²) in [5.74, 6) is 1.18. The van der Waals surface area contributed by atoms with Crippen LogP contribution in [0.4, 0.5) is 5.95 Å². The molecule has 4 aromatic rings. The number of halogens is 1. The van der Waals surface area contributed by atoms with E-state index < -0.39 is 9.84 Å². The summed E-state index contributed by atoms with van der Waals surface area (Å²) < 4.78 is 30.8. The number of anilines is 1. The van der Waals surface area contributed by atoms with E-state index in [1.807, 2.05) is 31.2 Å². The average Bonchev–Trinajstić information content (AvgIpc) is 3.43. The maximum absolute atomic E-state index is 12.1. The van der Waals surface area contributed by atoms with Crippen molar-refractivity contribution in [3.63, 3.8) is 0 Å². The van der Waals surface area contributed by atoms with Crippen molar-refractivity contribution in [1.29, 1.82) is 0 Å². The van der Waals surface area contributed by atoms with Crippen LogP contribution >= 0.6 is 15.9 Å². The molecule has 0 spiro atoms. The number of likely N-dealkylation sites (tertiary alicyclic amines) is 1. The van der Waals surface area contributed by atoms with E-state index in [1.54, 1.807) is 24.3 Å². The van der Waals surface area contributed by atoms with E-state index >= 15 is 0 Å². The van der Waals surface area contributed by atoms with Crippen molar-refractivity contribution < 1.29 is 13.2 Å². The standard InChI is InChI=1S/C16H16N4O.C13H18BrNO2S/c1-3-21-15-9-13-14(19-20-16(17)18-13)8-12(15)11-7-5-4-6-10(11)2;14-12-4-6-13(7-5-12)18(16,17)11-3-10-15-8-1-2-9-15/h4-9H,3H2,1-2H3,(H2,17,18,20);4-7H,1-3,8-11H2. The van der Waals surface area contributed by atoms with Gasteiger partial charge in [-0.25, -0.2) is 13.4 Å². The SMILES string of the molecule is CCOc1cc2nc(N)nnc2cc1-c1ccccc1C.O=S(=O)(CCCN1CCCC1)c1ccc(Br)cc1. The fourth-order valence-electron chi connectivity index (χ4n) is 4.58. The number of rotatable bonds is 8. The molecular weight excluding hydrogens is 578 g/mol. The first-order chi connectivity index (χ1) is 18.8. The molecule has 2 heterocycles. The highest BCUT2D eigenvalue weighted by molar-refractivity contribution is 9.10. The molecule has 0 bridgehead atoms. The van der Waals surface area contributed by atoms with Gasteiger partial charge in [-0.15, -0.1) is 10.2 Å². The number of sulfone groups is 1. The van der Waals surface area contributed by atoms with Crippen LogP contribution in [0, 0.1) is 6.92 Å². The largest absolute Gasteiger partial charge is 0.493 e. The Kier molecular flexibility index (Phi) is 9.88. The Bertz CT molecular complexity index is 1510. The summed E-state index contributed by atoms with van der Waals surface area (Å²) in [6.45, 7) is 7.76. The zero-order valence-corrected chi connectivity index (χ0v) is 24.7. The van der Waals surface area contributed by atoms with Gasteiger partial charge in [0.05, 0.1) is 22.8 Å². The third kappa shape index (κ3) is 7.74. The fourth-order valence-corrected chi connectivity index (χ4v) is 6.14. The first kappa shape index (κ1) is 28.9. The molecule has 1 aliphatic heterocycles. The second kappa shape index (κ2) is 13.3. The van der Waals surface area contributed by atoms with Crippen molar-refractivity contribution in [2.45, 2.75) is 38.0 Å². The second-order valence-corrected chi connectivity index (χ2v) is 12.5. The maximum atomic E-state index is 12.1.